The first-order chi connectivity index (χ1) is 26.5. The van der Waals surface area contributed by atoms with E-state index in [1.54, 1.807) is 0 Å². The Bertz CT molecular complexity index is 3060. The van der Waals surface area contributed by atoms with Gasteiger partial charge in [-0.2, -0.15) is 0 Å². The zero-order valence-electron chi connectivity index (χ0n) is 30.1. The van der Waals surface area contributed by atoms with Gasteiger partial charge in [0.25, 0.3) is 0 Å². The number of nitrogens with zero attached hydrogens (tertiary/aromatic N) is 2. The third-order valence-electron chi connectivity index (χ3n) is 11.6. The molecular weight excluding hydrogens is 657 g/mol. The lowest BCUT2D eigenvalue weighted by Gasteiger charge is -2.28. The second-order valence-electron chi connectivity index (χ2n) is 15.0. The number of rotatable bonds is 5. The van der Waals surface area contributed by atoms with Crippen LogP contribution in [0.15, 0.2) is 186 Å². The van der Waals surface area contributed by atoms with Crippen molar-refractivity contribution in [2.75, 3.05) is 4.90 Å². The first-order valence-electron chi connectivity index (χ1n) is 18.7. The summed E-state index contributed by atoms with van der Waals surface area (Å²) in [6, 6.07) is 65.9. The van der Waals surface area contributed by atoms with E-state index in [0.717, 1.165) is 50.2 Å². The van der Waals surface area contributed by atoms with Crippen LogP contribution in [0.1, 0.15) is 25.0 Å². The van der Waals surface area contributed by atoms with Crippen molar-refractivity contribution < 1.29 is 4.42 Å². The molecule has 8 aromatic carbocycles. The summed E-state index contributed by atoms with van der Waals surface area (Å²) in [6.07, 6.45) is 0. The molecule has 3 heteroatoms. The van der Waals surface area contributed by atoms with Gasteiger partial charge in [0, 0.05) is 55.8 Å². The van der Waals surface area contributed by atoms with Gasteiger partial charge < -0.3 is 13.9 Å². The smallest absolute Gasteiger partial charge is 0.137 e. The molecule has 0 unspecified atom stereocenters. The van der Waals surface area contributed by atoms with E-state index >= 15 is 0 Å². The van der Waals surface area contributed by atoms with E-state index in [1.165, 1.54) is 49.7 Å². The monoisotopic (exact) mass is 692 g/mol. The van der Waals surface area contributed by atoms with Gasteiger partial charge in [-0.25, -0.2) is 0 Å². The Hall–Kier alpha value is -6.84. The highest BCUT2D eigenvalue weighted by Crippen LogP contribution is 2.51. The summed E-state index contributed by atoms with van der Waals surface area (Å²) >= 11 is 0. The van der Waals surface area contributed by atoms with Crippen LogP contribution in [0.4, 0.5) is 17.1 Å². The fourth-order valence-electron chi connectivity index (χ4n) is 8.93. The van der Waals surface area contributed by atoms with Crippen molar-refractivity contribution in [3.63, 3.8) is 0 Å². The lowest BCUT2D eigenvalue weighted by molar-refractivity contribution is 0.660. The van der Waals surface area contributed by atoms with Gasteiger partial charge in [-0.1, -0.05) is 123 Å². The molecule has 0 radical (unpaired) electrons. The molecule has 2 heterocycles. The first kappa shape index (κ1) is 30.8. The Morgan fingerprint density at radius 2 is 1.06 bits per heavy atom. The van der Waals surface area contributed by atoms with Gasteiger partial charge in [-0.05, 0) is 100 Å². The molecule has 11 rings (SSSR count). The summed E-state index contributed by atoms with van der Waals surface area (Å²) in [7, 11) is 0. The molecule has 3 nitrogen and oxygen atoms in total. The minimum Gasteiger partial charge on any atom is -0.456 e. The summed E-state index contributed by atoms with van der Waals surface area (Å²) in [5, 5.41) is 4.73. The largest absolute Gasteiger partial charge is 0.456 e. The number of furan rings is 1. The Kier molecular flexibility index (Phi) is 6.60. The fourth-order valence-corrected chi connectivity index (χ4v) is 8.93. The number of fused-ring (bicyclic) bond motifs is 9. The van der Waals surface area contributed by atoms with Gasteiger partial charge in [0.2, 0.25) is 0 Å². The second-order valence-corrected chi connectivity index (χ2v) is 15.0. The van der Waals surface area contributed by atoms with Crippen molar-refractivity contribution in [1.82, 2.24) is 4.57 Å². The standard InChI is InChI=1S/C51H36N2O/c1-51(2)45-17-9-6-14-39(45)40-29-28-38(30-46(40)51)52(35-22-20-34(21-23-35)33-12-4-3-5-13-33)36-24-26-37(27-25-36)53-47-18-10-7-15-41(47)43-31-44-42-16-8-11-19-49(42)54-50(44)32-48(43)53/h3-32H,1-2H3. The number of benzene rings is 8. The third kappa shape index (κ3) is 4.55. The highest BCUT2D eigenvalue weighted by atomic mass is 16.3. The molecule has 0 fully saturated rings. The molecule has 0 saturated heterocycles. The molecule has 0 bridgehead atoms. The van der Waals surface area contributed by atoms with Crippen LogP contribution in [0.5, 0.6) is 0 Å². The molecule has 10 aromatic rings. The summed E-state index contributed by atoms with van der Waals surface area (Å²) in [4.78, 5) is 2.39. The van der Waals surface area contributed by atoms with E-state index in [9.17, 15) is 0 Å². The maximum absolute atomic E-state index is 6.38. The number of anilines is 3. The highest BCUT2D eigenvalue weighted by molar-refractivity contribution is 6.17. The summed E-state index contributed by atoms with van der Waals surface area (Å²) in [5.41, 5.74) is 16.3. The van der Waals surface area contributed by atoms with Gasteiger partial charge in [0.1, 0.15) is 11.2 Å². The van der Waals surface area contributed by atoms with Gasteiger partial charge in [0.15, 0.2) is 0 Å². The molecule has 0 N–H and O–H groups in total. The molecule has 0 aliphatic heterocycles. The number of hydrogen-bond acceptors (Lipinski definition) is 2. The highest BCUT2D eigenvalue weighted by Gasteiger charge is 2.35. The van der Waals surface area contributed by atoms with Crippen LogP contribution >= 0.6 is 0 Å². The van der Waals surface area contributed by atoms with Crippen LogP contribution in [0.25, 0.3) is 71.7 Å². The minimum atomic E-state index is -0.101. The van der Waals surface area contributed by atoms with E-state index in [2.05, 4.69) is 193 Å². The Balaban J connectivity index is 1.06. The van der Waals surface area contributed by atoms with Crippen LogP contribution in [0, 0.1) is 0 Å². The molecule has 256 valence electrons. The first-order valence-corrected chi connectivity index (χ1v) is 18.7. The van der Waals surface area contributed by atoms with Crippen molar-refractivity contribution in [1.29, 1.82) is 0 Å². The van der Waals surface area contributed by atoms with Crippen molar-refractivity contribution >= 4 is 60.8 Å². The average molecular weight is 693 g/mol. The number of para-hydroxylation sites is 2. The van der Waals surface area contributed by atoms with Gasteiger partial charge in [-0.15, -0.1) is 0 Å². The number of hydrogen-bond donors (Lipinski definition) is 0. The molecule has 54 heavy (non-hydrogen) atoms. The summed E-state index contributed by atoms with van der Waals surface area (Å²) < 4.78 is 8.75. The van der Waals surface area contributed by atoms with Crippen LogP contribution in [-0.2, 0) is 5.41 Å². The van der Waals surface area contributed by atoms with Crippen molar-refractivity contribution in [3.05, 3.63) is 193 Å². The topological polar surface area (TPSA) is 21.3 Å². The van der Waals surface area contributed by atoms with E-state index < -0.39 is 0 Å². The molecule has 1 aliphatic rings. The van der Waals surface area contributed by atoms with Gasteiger partial charge in [0.05, 0.1) is 11.0 Å². The van der Waals surface area contributed by atoms with Crippen molar-refractivity contribution in [2.24, 2.45) is 0 Å². The van der Waals surface area contributed by atoms with E-state index in [1.807, 2.05) is 12.1 Å². The van der Waals surface area contributed by atoms with Gasteiger partial charge >= 0.3 is 0 Å². The van der Waals surface area contributed by atoms with Crippen molar-refractivity contribution in [2.45, 2.75) is 19.3 Å². The van der Waals surface area contributed by atoms with Crippen LogP contribution in [-0.4, -0.2) is 4.57 Å². The summed E-state index contributed by atoms with van der Waals surface area (Å²) in [6.45, 7) is 4.69. The normalized spacial score (nSPS) is 13.1. The molecule has 2 aromatic heterocycles. The third-order valence-corrected chi connectivity index (χ3v) is 11.6. The Labute approximate surface area is 314 Å². The zero-order valence-corrected chi connectivity index (χ0v) is 30.1. The van der Waals surface area contributed by atoms with Crippen molar-refractivity contribution in [3.8, 4) is 27.9 Å². The summed E-state index contributed by atoms with van der Waals surface area (Å²) in [5.74, 6) is 0. The molecule has 1 aliphatic carbocycles. The minimum absolute atomic E-state index is 0.101. The predicted octanol–water partition coefficient (Wildman–Crippen LogP) is 14.1. The average Bonchev–Trinajstić information content (AvgIpc) is 3.83. The van der Waals surface area contributed by atoms with E-state index in [4.69, 9.17) is 4.42 Å². The quantitative estimate of drug-likeness (QED) is 0.179. The van der Waals surface area contributed by atoms with Gasteiger partial charge in [-0.3, -0.25) is 0 Å². The van der Waals surface area contributed by atoms with Crippen LogP contribution < -0.4 is 4.90 Å². The Morgan fingerprint density at radius 1 is 0.426 bits per heavy atom. The number of aromatic nitrogens is 1. The molecule has 0 atom stereocenters. The zero-order chi connectivity index (χ0) is 36.0. The molecule has 0 spiro atoms. The molecule has 0 saturated carbocycles. The molecule has 0 amide bonds. The fraction of sp³-hybridized carbons (Fsp3) is 0.0588. The predicted molar refractivity (Wildman–Crippen MR) is 226 cm³/mol. The SMILES string of the molecule is CC1(C)c2ccccc2-c2ccc(N(c3ccc(-c4ccccc4)cc3)c3ccc(-n4c5ccccc5c5cc6c(cc54)oc4ccccc46)cc3)cc21. The van der Waals surface area contributed by atoms with Crippen LogP contribution in [0.2, 0.25) is 0 Å². The Morgan fingerprint density at radius 3 is 1.87 bits per heavy atom. The maximum Gasteiger partial charge on any atom is 0.137 e. The van der Waals surface area contributed by atoms with E-state index in [0.29, 0.717) is 0 Å². The molecular formula is C51H36N2O. The second kappa shape index (κ2) is 11.6. The van der Waals surface area contributed by atoms with E-state index in [-0.39, 0.29) is 5.41 Å². The van der Waals surface area contributed by atoms with Crippen LogP contribution in [0.3, 0.4) is 0 Å². The maximum atomic E-state index is 6.38. The lowest BCUT2D eigenvalue weighted by atomic mass is 9.82. The lowest BCUT2D eigenvalue weighted by Crippen LogP contribution is -2.16.